The van der Waals surface area contributed by atoms with Crippen molar-refractivity contribution in [3.8, 4) is 0 Å². The van der Waals surface area contributed by atoms with Crippen molar-refractivity contribution in [2.75, 3.05) is 24.5 Å². The maximum Gasteiger partial charge on any atom is 0.287 e. The number of nitrogens with one attached hydrogen (secondary N) is 1. The average Bonchev–Trinajstić information content (AvgIpc) is 3.54. The van der Waals surface area contributed by atoms with Gasteiger partial charge in [0.2, 0.25) is 5.52 Å². The van der Waals surface area contributed by atoms with Gasteiger partial charge in [0.15, 0.2) is 12.3 Å². The van der Waals surface area contributed by atoms with Crippen LogP contribution in [0.25, 0.3) is 15.9 Å². The van der Waals surface area contributed by atoms with Gasteiger partial charge in [0.1, 0.15) is 10.4 Å². The molecule has 5 nitrogen and oxygen atoms in total. The predicted molar refractivity (Wildman–Crippen MR) is 175 cm³/mol. The Labute approximate surface area is 253 Å². The number of aryl methyl sites for hydroxylation is 1. The SMILES string of the molecule is CCCCCCN1C(=CC2=CC(=C(NCCN)c3sc4ccccc4[n+]3CCCCCC)C2=O)Sc2ccccc21. The summed E-state index contributed by atoms with van der Waals surface area (Å²) in [5, 5.41) is 5.80. The Balaban J connectivity index is 1.48. The molecule has 0 bridgehead atoms. The van der Waals surface area contributed by atoms with E-state index in [1.54, 1.807) is 23.1 Å². The van der Waals surface area contributed by atoms with Gasteiger partial charge in [-0.25, -0.2) is 0 Å². The van der Waals surface area contributed by atoms with Crippen molar-refractivity contribution in [3.63, 3.8) is 0 Å². The number of thiazole rings is 1. The normalized spacial score (nSPS) is 16.8. The molecule has 0 amide bonds. The number of allylic oxidation sites excluding steroid dienone is 4. The zero-order valence-corrected chi connectivity index (χ0v) is 26.1. The van der Waals surface area contributed by atoms with Crippen LogP contribution in [-0.2, 0) is 11.3 Å². The number of carbonyl (C=O) groups excluding carboxylic acids is 1. The quantitative estimate of drug-likeness (QED) is 0.109. The van der Waals surface area contributed by atoms with Crippen LogP contribution in [0.5, 0.6) is 0 Å². The van der Waals surface area contributed by atoms with Crippen molar-refractivity contribution >= 4 is 50.5 Å². The highest BCUT2D eigenvalue weighted by atomic mass is 32.2. The smallest absolute Gasteiger partial charge is 0.287 e. The number of Topliss-reactive ketones (excluding diaryl/α,β-unsaturated/α-hetero) is 1. The first-order valence-corrected chi connectivity index (χ1v) is 16.9. The van der Waals surface area contributed by atoms with Gasteiger partial charge in [0.25, 0.3) is 5.01 Å². The first kappa shape index (κ1) is 29.6. The van der Waals surface area contributed by atoms with Crippen LogP contribution in [0.1, 0.15) is 70.2 Å². The number of benzene rings is 2. The summed E-state index contributed by atoms with van der Waals surface area (Å²) in [5.41, 5.74) is 10.9. The number of hydrogen-bond donors (Lipinski definition) is 2. The number of para-hydroxylation sites is 2. The number of unbranched alkanes of at least 4 members (excludes halogenated alkanes) is 6. The van der Waals surface area contributed by atoms with E-state index in [0.717, 1.165) is 52.8 Å². The molecule has 1 aliphatic carbocycles. The summed E-state index contributed by atoms with van der Waals surface area (Å²) in [6.07, 6.45) is 13.8. The Morgan fingerprint density at radius 3 is 2.51 bits per heavy atom. The standard InChI is InChI=1S/C34H42N4OS2/c1-3-5-7-13-21-37-27-15-9-11-17-29(27)40-31(37)24-25-23-26(33(25)39)32(36-20-19-35)34-38(22-14-8-6-4-2)28-16-10-12-18-30(28)41-34/h9-12,15-18,23-24H,3-8,13-14,19-22,35H2,1-2H3/p+1. The molecule has 2 heterocycles. The van der Waals surface area contributed by atoms with Crippen LogP contribution in [0.2, 0.25) is 0 Å². The number of nitrogens with zero attached hydrogens (tertiary/aromatic N) is 2. The Kier molecular flexibility index (Phi) is 10.4. The molecule has 3 N–H and O–H groups in total. The number of fused-ring (bicyclic) bond motifs is 2. The van der Waals surface area contributed by atoms with Crippen LogP contribution in [0.15, 0.2) is 81.8 Å². The molecule has 216 valence electrons. The number of ketones is 1. The maximum atomic E-state index is 13.8. The highest BCUT2D eigenvalue weighted by Crippen LogP contribution is 2.47. The van der Waals surface area contributed by atoms with Gasteiger partial charge in [-0.3, -0.25) is 4.79 Å². The van der Waals surface area contributed by atoms with Crippen LogP contribution in [-0.4, -0.2) is 25.4 Å². The molecule has 1 aromatic heterocycles. The van der Waals surface area contributed by atoms with Crippen LogP contribution in [0, 0.1) is 0 Å². The van der Waals surface area contributed by atoms with E-state index >= 15 is 0 Å². The largest absolute Gasteiger partial charge is 0.377 e. The lowest BCUT2D eigenvalue weighted by Gasteiger charge is -2.23. The summed E-state index contributed by atoms with van der Waals surface area (Å²) in [7, 11) is 0. The summed E-state index contributed by atoms with van der Waals surface area (Å²) in [6.45, 7) is 7.54. The average molecular weight is 588 g/mol. The van der Waals surface area contributed by atoms with E-state index in [1.807, 2.05) is 0 Å². The highest BCUT2D eigenvalue weighted by Gasteiger charge is 2.34. The van der Waals surface area contributed by atoms with E-state index in [1.165, 1.54) is 59.3 Å². The number of nitrogens with two attached hydrogens (primary N) is 1. The van der Waals surface area contributed by atoms with Gasteiger partial charge in [-0.1, -0.05) is 93.3 Å². The number of rotatable bonds is 15. The molecule has 0 atom stereocenters. The zero-order valence-electron chi connectivity index (χ0n) is 24.5. The molecule has 5 rings (SSSR count). The van der Waals surface area contributed by atoms with Crippen LogP contribution in [0.3, 0.4) is 0 Å². The first-order valence-electron chi connectivity index (χ1n) is 15.3. The second-order valence-electron chi connectivity index (χ2n) is 10.8. The minimum Gasteiger partial charge on any atom is -0.377 e. The molecule has 7 heteroatoms. The molecule has 41 heavy (non-hydrogen) atoms. The lowest BCUT2D eigenvalue weighted by molar-refractivity contribution is -0.670. The molecule has 1 aliphatic heterocycles. The van der Waals surface area contributed by atoms with Crippen molar-refractivity contribution in [1.29, 1.82) is 0 Å². The van der Waals surface area contributed by atoms with Gasteiger partial charge in [-0.2, -0.15) is 4.57 Å². The minimum atomic E-state index is 0.106. The molecule has 0 saturated heterocycles. The number of hydrogen-bond acceptors (Lipinski definition) is 6. The van der Waals surface area contributed by atoms with Crippen molar-refractivity contribution in [1.82, 2.24) is 5.32 Å². The fourth-order valence-corrected chi connectivity index (χ4v) is 7.86. The van der Waals surface area contributed by atoms with Crippen molar-refractivity contribution in [2.24, 2.45) is 5.73 Å². The fraction of sp³-hybridized carbons (Fsp3) is 0.412. The zero-order chi connectivity index (χ0) is 28.6. The van der Waals surface area contributed by atoms with Gasteiger partial charge in [0.05, 0.1) is 16.3 Å². The van der Waals surface area contributed by atoms with Crippen LogP contribution in [0.4, 0.5) is 5.69 Å². The topological polar surface area (TPSA) is 62.2 Å². The number of carbonyl (C=O) groups is 1. The van der Waals surface area contributed by atoms with Gasteiger partial charge in [-0.15, -0.1) is 0 Å². The van der Waals surface area contributed by atoms with Gasteiger partial charge < -0.3 is 16.0 Å². The van der Waals surface area contributed by atoms with E-state index in [0.29, 0.717) is 13.1 Å². The second kappa shape index (κ2) is 14.3. The molecule has 0 spiro atoms. The Hall–Kier alpha value is -2.87. The van der Waals surface area contributed by atoms with E-state index in [9.17, 15) is 4.79 Å². The Morgan fingerprint density at radius 2 is 1.73 bits per heavy atom. The fourth-order valence-electron chi connectivity index (χ4n) is 5.50. The Morgan fingerprint density at radius 1 is 0.976 bits per heavy atom. The summed E-state index contributed by atoms with van der Waals surface area (Å²) >= 11 is 3.53. The molecule has 2 aliphatic rings. The first-order chi connectivity index (χ1) is 20.2. The van der Waals surface area contributed by atoms with Gasteiger partial charge in [0, 0.05) is 42.6 Å². The van der Waals surface area contributed by atoms with Crippen molar-refractivity contribution < 1.29 is 9.36 Å². The molecule has 0 fully saturated rings. The van der Waals surface area contributed by atoms with Crippen LogP contribution >= 0.6 is 23.1 Å². The third-order valence-electron chi connectivity index (χ3n) is 7.73. The lowest BCUT2D eigenvalue weighted by Crippen LogP contribution is -2.39. The van der Waals surface area contributed by atoms with Gasteiger partial charge in [-0.05, 0) is 43.2 Å². The van der Waals surface area contributed by atoms with E-state index in [4.69, 9.17) is 5.73 Å². The highest BCUT2D eigenvalue weighted by molar-refractivity contribution is 8.03. The van der Waals surface area contributed by atoms with E-state index < -0.39 is 0 Å². The molecule has 2 aromatic carbocycles. The number of thioether (sulfide) groups is 1. The summed E-state index contributed by atoms with van der Waals surface area (Å²) < 4.78 is 3.64. The molecule has 0 radical (unpaired) electrons. The molecular formula is C34H43N4OS2+. The summed E-state index contributed by atoms with van der Waals surface area (Å²) in [5.74, 6) is 0.106. The minimum absolute atomic E-state index is 0.106. The number of anilines is 1. The second-order valence-corrected chi connectivity index (χ2v) is 12.9. The monoisotopic (exact) mass is 587 g/mol. The molecule has 0 saturated carbocycles. The van der Waals surface area contributed by atoms with E-state index in [-0.39, 0.29) is 5.78 Å². The van der Waals surface area contributed by atoms with E-state index in [2.05, 4.69) is 89.3 Å². The van der Waals surface area contributed by atoms with Crippen molar-refractivity contribution in [3.05, 3.63) is 81.9 Å². The predicted octanol–water partition coefficient (Wildman–Crippen LogP) is 7.57. The summed E-state index contributed by atoms with van der Waals surface area (Å²) in [4.78, 5) is 17.4. The third kappa shape index (κ3) is 6.63. The molecular weight excluding hydrogens is 545 g/mol. The Bertz CT molecular complexity index is 1470. The number of aromatic nitrogens is 1. The maximum absolute atomic E-state index is 13.8. The molecule has 0 unspecified atom stereocenters. The van der Waals surface area contributed by atoms with Crippen molar-refractivity contribution in [2.45, 2.75) is 76.7 Å². The third-order valence-corrected chi connectivity index (χ3v) is 10.0. The summed E-state index contributed by atoms with van der Waals surface area (Å²) in [6, 6.07) is 17.1. The lowest BCUT2D eigenvalue weighted by atomic mass is 9.89. The van der Waals surface area contributed by atoms with Gasteiger partial charge >= 0.3 is 0 Å². The van der Waals surface area contributed by atoms with Crippen LogP contribution < -0.4 is 20.5 Å². The molecule has 3 aromatic rings.